The maximum Gasteiger partial charge on any atom is 0.213 e. The van der Waals surface area contributed by atoms with Crippen LogP contribution in [0.3, 0.4) is 0 Å². The Balaban J connectivity index is 2.20. The lowest BCUT2D eigenvalue weighted by Crippen LogP contribution is -2.21. The molecule has 0 aromatic carbocycles. The van der Waals surface area contributed by atoms with Crippen LogP contribution in [0.25, 0.3) is 0 Å². The van der Waals surface area contributed by atoms with Crippen molar-refractivity contribution < 1.29 is 9.66 Å². The van der Waals surface area contributed by atoms with Crippen LogP contribution in [0.4, 0.5) is 0 Å². The van der Waals surface area contributed by atoms with E-state index in [1.807, 2.05) is 0 Å². The summed E-state index contributed by atoms with van der Waals surface area (Å²) in [6, 6.07) is -0.342. The fourth-order valence-corrected chi connectivity index (χ4v) is 3.66. The molecule has 4 heteroatoms. The monoisotopic (exact) mass is 341 g/mol. The van der Waals surface area contributed by atoms with Crippen LogP contribution >= 0.6 is 0 Å². The predicted octanol–water partition coefficient (Wildman–Crippen LogP) is 6.29. The Hall–Kier alpha value is -0.640. The summed E-state index contributed by atoms with van der Waals surface area (Å²) in [4.78, 5) is 11.2. The van der Waals surface area contributed by atoms with Crippen molar-refractivity contribution in [3.8, 4) is 0 Å². The summed E-state index contributed by atoms with van der Waals surface area (Å²) in [5.41, 5.74) is 0. The summed E-state index contributed by atoms with van der Waals surface area (Å²) in [5.74, 6) is 0. The van der Waals surface area contributed by atoms with E-state index in [4.69, 9.17) is 4.74 Å². The molecule has 4 nitrogen and oxygen atoms in total. The lowest BCUT2D eigenvalue weighted by atomic mass is 9.98. The average Bonchev–Trinajstić information content (AvgIpc) is 2.58. The molecule has 0 N–H and O–H groups in total. The molecule has 1 heterocycles. The lowest BCUT2D eigenvalue weighted by Gasteiger charge is -2.20. The third kappa shape index (κ3) is 11.0. The van der Waals surface area contributed by atoms with E-state index in [0.29, 0.717) is 6.10 Å². The highest BCUT2D eigenvalue weighted by molar-refractivity contribution is 4.65. The molecule has 0 bridgehead atoms. The summed E-state index contributed by atoms with van der Waals surface area (Å²) in [7, 11) is 0. The molecule has 24 heavy (non-hydrogen) atoms. The van der Waals surface area contributed by atoms with E-state index < -0.39 is 0 Å². The van der Waals surface area contributed by atoms with E-state index in [0.717, 1.165) is 51.6 Å². The van der Waals surface area contributed by atoms with Crippen molar-refractivity contribution in [2.24, 2.45) is 0 Å². The second kappa shape index (κ2) is 14.7. The van der Waals surface area contributed by atoms with E-state index in [-0.39, 0.29) is 11.0 Å². The lowest BCUT2D eigenvalue weighted by molar-refractivity contribution is -0.524. The van der Waals surface area contributed by atoms with Crippen LogP contribution in [0.1, 0.15) is 110 Å². The molecule has 2 atom stereocenters. The normalized spacial score (nSPS) is 21.3. The summed E-state index contributed by atoms with van der Waals surface area (Å²) in [5, 5.41) is 11.3. The van der Waals surface area contributed by atoms with Gasteiger partial charge < -0.3 is 4.74 Å². The van der Waals surface area contributed by atoms with Gasteiger partial charge in [-0.05, 0) is 32.1 Å². The molecular formula is C20H39NO3. The molecule has 1 fully saturated rings. The van der Waals surface area contributed by atoms with Gasteiger partial charge in [0.15, 0.2) is 0 Å². The highest BCUT2D eigenvalue weighted by atomic mass is 16.6. The minimum atomic E-state index is -0.342. The Morgan fingerprint density at radius 1 is 0.958 bits per heavy atom. The Labute approximate surface area is 148 Å². The number of nitrogens with zero attached hydrogens (tertiary/aromatic N) is 1. The Morgan fingerprint density at radius 3 is 2.38 bits per heavy atom. The first kappa shape index (κ1) is 21.4. The SMILES string of the molecule is CCCCCCCC(CCCC1CCCCCCCCO1)[N+](=O)[O-]. The van der Waals surface area contributed by atoms with Crippen LogP contribution in [-0.2, 0) is 4.74 Å². The molecule has 0 spiro atoms. The van der Waals surface area contributed by atoms with Gasteiger partial charge in [0, 0.05) is 24.4 Å². The molecule has 0 amide bonds. The third-order valence-corrected chi connectivity index (χ3v) is 5.28. The Bertz CT molecular complexity index is 299. The van der Waals surface area contributed by atoms with Crippen LogP contribution in [0.15, 0.2) is 0 Å². The van der Waals surface area contributed by atoms with Gasteiger partial charge in [-0.2, -0.15) is 0 Å². The minimum absolute atomic E-state index is 0.0476. The van der Waals surface area contributed by atoms with E-state index in [9.17, 15) is 10.1 Å². The molecule has 1 saturated heterocycles. The maximum absolute atomic E-state index is 11.3. The predicted molar refractivity (Wildman–Crippen MR) is 100 cm³/mol. The topological polar surface area (TPSA) is 52.4 Å². The highest BCUT2D eigenvalue weighted by Crippen LogP contribution is 2.20. The molecule has 0 aromatic rings. The summed E-state index contributed by atoms with van der Waals surface area (Å²) in [6.07, 6.45) is 18.4. The largest absolute Gasteiger partial charge is 0.378 e. The van der Waals surface area contributed by atoms with Crippen LogP contribution in [0, 0.1) is 10.1 Å². The molecule has 0 radical (unpaired) electrons. The van der Waals surface area contributed by atoms with E-state index in [1.54, 1.807) is 0 Å². The van der Waals surface area contributed by atoms with E-state index in [2.05, 4.69) is 6.92 Å². The van der Waals surface area contributed by atoms with Gasteiger partial charge in [0.25, 0.3) is 0 Å². The van der Waals surface area contributed by atoms with Gasteiger partial charge in [-0.15, -0.1) is 0 Å². The van der Waals surface area contributed by atoms with Crippen molar-refractivity contribution in [1.29, 1.82) is 0 Å². The first-order chi connectivity index (χ1) is 11.7. The smallest absolute Gasteiger partial charge is 0.213 e. The zero-order valence-electron chi connectivity index (χ0n) is 15.8. The Kier molecular flexibility index (Phi) is 13.1. The van der Waals surface area contributed by atoms with Gasteiger partial charge >= 0.3 is 0 Å². The van der Waals surface area contributed by atoms with Crippen molar-refractivity contribution in [2.75, 3.05) is 6.61 Å². The summed E-state index contributed by atoms with van der Waals surface area (Å²) >= 11 is 0. The van der Waals surface area contributed by atoms with Gasteiger partial charge in [-0.3, -0.25) is 10.1 Å². The second-order valence-electron chi connectivity index (χ2n) is 7.48. The minimum Gasteiger partial charge on any atom is -0.378 e. The molecule has 0 aliphatic carbocycles. The highest BCUT2D eigenvalue weighted by Gasteiger charge is 2.20. The average molecular weight is 342 g/mol. The van der Waals surface area contributed by atoms with Crippen LogP contribution in [0.5, 0.6) is 0 Å². The number of ether oxygens (including phenoxy) is 1. The van der Waals surface area contributed by atoms with Crippen LogP contribution in [0.2, 0.25) is 0 Å². The molecule has 0 aromatic heterocycles. The number of nitro groups is 1. The fourth-order valence-electron chi connectivity index (χ4n) is 3.66. The van der Waals surface area contributed by atoms with E-state index >= 15 is 0 Å². The van der Waals surface area contributed by atoms with Crippen LogP contribution in [-0.4, -0.2) is 23.7 Å². The molecule has 1 aliphatic rings. The number of rotatable bonds is 11. The first-order valence-corrected chi connectivity index (χ1v) is 10.5. The summed E-state index contributed by atoms with van der Waals surface area (Å²) in [6.45, 7) is 3.07. The zero-order chi connectivity index (χ0) is 17.5. The van der Waals surface area contributed by atoms with Crippen molar-refractivity contribution >= 4 is 0 Å². The number of unbranched alkanes of at least 4 members (excludes halogenated alkanes) is 4. The summed E-state index contributed by atoms with van der Waals surface area (Å²) < 4.78 is 6.02. The van der Waals surface area contributed by atoms with Gasteiger partial charge in [-0.25, -0.2) is 0 Å². The van der Waals surface area contributed by atoms with Gasteiger partial charge in [0.2, 0.25) is 6.04 Å². The first-order valence-electron chi connectivity index (χ1n) is 10.5. The van der Waals surface area contributed by atoms with Gasteiger partial charge in [-0.1, -0.05) is 64.7 Å². The van der Waals surface area contributed by atoms with Gasteiger partial charge in [0.05, 0.1) is 6.10 Å². The zero-order valence-corrected chi connectivity index (χ0v) is 15.8. The molecular weight excluding hydrogens is 302 g/mol. The standard InChI is InChI=1S/C20H39NO3/c1-2-3-4-7-10-14-19(21(22)23)15-13-17-20-16-11-8-5-6-9-12-18-24-20/h19-20H,2-18H2,1H3. The molecule has 1 aliphatic heterocycles. The van der Waals surface area contributed by atoms with E-state index in [1.165, 1.54) is 57.8 Å². The molecule has 0 saturated carbocycles. The fraction of sp³-hybridized carbons (Fsp3) is 1.00. The number of hydrogen-bond acceptors (Lipinski definition) is 3. The third-order valence-electron chi connectivity index (χ3n) is 5.28. The quantitative estimate of drug-likeness (QED) is 0.252. The molecule has 1 rings (SSSR count). The van der Waals surface area contributed by atoms with Crippen molar-refractivity contribution in [2.45, 2.75) is 122 Å². The molecule has 142 valence electrons. The number of hydrogen-bond donors (Lipinski definition) is 0. The van der Waals surface area contributed by atoms with Gasteiger partial charge in [0.1, 0.15) is 0 Å². The van der Waals surface area contributed by atoms with Crippen molar-refractivity contribution in [3.05, 3.63) is 10.1 Å². The second-order valence-corrected chi connectivity index (χ2v) is 7.48. The van der Waals surface area contributed by atoms with Crippen molar-refractivity contribution in [3.63, 3.8) is 0 Å². The van der Waals surface area contributed by atoms with Crippen LogP contribution < -0.4 is 0 Å². The maximum atomic E-state index is 11.3. The Morgan fingerprint density at radius 2 is 1.62 bits per heavy atom. The molecule has 2 unspecified atom stereocenters. The van der Waals surface area contributed by atoms with Crippen molar-refractivity contribution in [1.82, 2.24) is 0 Å².